The molecule has 1 heterocycles. The number of aliphatic imine (C=N–C) groups is 2. The average molecular weight is 513 g/mol. The molecule has 6 N–H and O–H groups in total. The zero-order valence-corrected chi connectivity index (χ0v) is 26.8. The Morgan fingerprint density at radius 3 is 1.47 bits per heavy atom. The predicted octanol–water partition coefficient (Wildman–Crippen LogP) is 8.05. The van der Waals surface area contributed by atoms with E-state index in [0.29, 0.717) is 17.9 Å². The molecule has 36 heavy (non-hydrogen) atoms. The second-order valence-corrected chi connectivity index (χ2v) is 11.0. The number of nitrogens with zero attached hydrogens (tertiary/aromatic N) is 2. The maximum absolute atomic E-state index is 6.73. The quantitative estimate of drug-likeness (QED) is 0.135. The predicted molar refractivity (Wildman–Crippen MR) is 168 cm³/mol. The fourth-order valence-electron chi connectivity index (χ4n) is 2.41. The fraction of sp³-hybridized carbons (Fsp3) is 0.900. The highest BCUT2D eigenvalue weighted by atomic mass is 15.1. The molecule has 0 aromatic rings. The van der Waals surface area contributed by atoms with Gasteiger partial charge in [0.25, 0.3) is 0 Å². The molecule has 0 radical (unpaired) electrons. The third kappa shape index (κ3) is 39.6. The first-order chi connectivity index (χ1) is 16.7. The molecule has 0 aromatic carbocycles. The lowest BCUT2D eigenvalue weighted by molar-refractivity contribution is 0.534. The molecule has 0 aromatic heterocycles. The highest BCUT2D eigenvalue weighted by Gasteiger charge is 2.07. The summed E-state index contributed by atoms with van der Waals surface area (Å²) in [6.07, 6.45) is 9.68. The molecule has 1 rings (SSSR count). The van der Waals surface area contributed by atoms with E-state index in [0.717, 1.165) is 24.8 Å². The number of nitrogens with two attached hydrogens (primary N) is 2. The van der Waals surface area contributed by atoms with Gasteiger partial charge in [0.15, 0.2) is 0 Å². The van der Waals surface area contributed by atoms with Crippen molar-refractivity contribution in [2.45, 2.75) is 141 Å². The van der Waals surface area contributed by atoms with E-state index in [9.17, 15) is 0 Å². The van der Waals surface area contributed by atoms with Crippen LogP contribution in [-0.2, 0) is 0 Å². The summed E-state index contributed by atoms with van der Waals surface area (Å²) < 4.78 is 0. The van der Waals surface area contributed by atoms with Crippen LogP contribution in [0.15, 0.2) is 9.98 Å². The number of hydrogen-bond donors (Lipinski definition) is 4. The molecule has 0 unspecified atom stereocenters. The van der Waals surface area contributed by atoms with Crippen LogP contribution in [0.3, 0.4) is 0 Å². The SMILES string of the molecule is CC(C)C(=N)N.CC(C)C1=NCCN1.CC(C)N=C(N)C(C)C.CCCCC.CCCCCC(C)C. The summed E-state index contributed by atoms with van der Waals surface area (Å²) in [6.45, 7) is 29.5. The van der Waals surface area contributed by atoms with Gasteiger partial charge in [-0.1, -0.05) is 121 Å². The normalized spacial score (nSPS) is 12.5. The molecule has 0 bridgehead atoms. The molecule has 0 aliphatic carbocycles. The molecule has 6 heteroatoms. The molecule has 218 valence electrons. The van der Waals surface area contributed by atoms with E-state index in [-0.39, 0.29) is 11.8 Å². The Bertz CT molecular complexity index is 518. The van der Waals surface area contributed by atoms with Gasteiger partial charge in [-0.25, -0.2) is 0 Å². The van der Waals surface area contributed by atoms with Gasteiger partial charge in [-0.15, -0.1) is 0 Å². The Hall–Kier alpha value is -1.59. The van der Waals surface area contributed by atoms with Crippen molar-refractivity contribution in [3.05, 3.63) is 0 Å². The highest BCUT2D eigenvalue weighted by Crippen LogP contribution is 2.06. The molecule has 1 aliphatic heterocycles. The summed E-state index contributed by atoms with van der Waals surface area (Å²) in [4.78, 5) is 8.41. The number of unbranched alkanes of at least 4 members (excludes halogenated alkanes) is 4. The van der Waals surface area contributed by atoms with Crippen molar-refractivity contribution < 1.29 is 0 Å². The molecule has 0 fully saturated rings. The third-order valence-corrected chi connectivity index (χ3v) is 4.96. The van der Waals surface area contributed by atoms with E-state index in [1.807, 2.05) is 41.5 Å². The van der Waals surface area contributed by atoms with Crippen LogP contribution < -0.4 is 16.8 Å². The zero-order chi connectivity index (χ0) is 29.1. The van der Waals surface area contributed by atoms with Gasteiger partial charge in [0.2, 0.25) is 0 Å². The van der Waals surface area contributed by atoms with Crippen molar-refractivity contribution in [3.8, 4) is 0 Å². The average Bonchev–Trinajstić information content (AvgIpc) is 3.31. The Balaban J connectivity index is -0.000000180. The maximum atomic E-state index is 6.73. The monoisotopic (exact) mass is 513 g/mol. The largest absolute Gasteiger partial charge is 0.387 e. The van der Waals surface area contributed by atoms with Crippen LogP contribution in [-0.4, -0.2) is 36.6 Å². The van der Waals surface area contributed by atoms with Crippen LogP contribution in [0.5, 0.6) is 0 Å². The Kier molecular flexibility index (Phi) is 34.2. The zero-order valence-electron chi connectivity index (χ0n) is 26.8. The van der Waals surface area contributed by atoms with Crippen LogP contribution >= 0.6 is 0 Å². The van der Waals surface area contributed by atoms with E-state index in [4.69, 9.17) is 16.9 Å². The van der Waals surface area contributed by atoms with Gasteiger partial charge in [0, 0.05) is 30.3 Å². The minimum Gasteiger partial charge on any atom is -0.387 e. The highest BCUT2D eigenvalue weighted by molar-refractivity contribution is 5.85. The van der Waals surface area contributed by atoms with Gasteiger partial charge < -0.3 is 16.8 Å². The second-order valence-electron chi connectivity index (χ2n) is 11.0. The Morgan fingerprint density at radius 1 is 0.833 bits per heavy atom. The molecule has 0 saturated carbocycles. The molecule has 0 saturated heterocycles. The van der Waals surface area contributed by atoms with Gasteiger partial charge in [0.1, 0.15) is 0 Å². The van der Waals surface area contributed by atoms with E-state index < -0.39 is 0 Å². The molecule has 0 amide bonds. The minimum absolute atomic E-state index is 0.213. The summed E-state index contributed by atoms with van der Waals surface area (Å²) in [6, 6.07) is 0.326. The van der Waals surface area contributed by atoms with Gasteiger partial charge in [-0.2, -0.15) is 0 Å². The van der Waals surface area contributed by atoms with E-state index in [1.165, 1.54) is 50.8 Å². The maximum Gasteiger partial charge on any atom is 0.0990 e. The molecular weight excluding hydrogens is 444 g/mol. The topological polar surface area (TPSA) is 113 Å². The lowest BCUT2D eigenvalue weighted by Gasteiger charge is -2.04. The molecule has 6 nitrogen and oxygen atoms in total. The summed E-state index contributed by atoms with van der Waals surface area (Å²) in [5.74, 6) is 4.27. The number of amidine groups is 3. The summed E-state index contributed by atoms with van der Waals surface area (Å²) in [5, 5.41) is 9.93. The van der Waals surface area contributed by atoms with Gasteiger partial charge in [0.05, 0.1) is 24.1 Å². The third-order valence-electron chi connectivity index (χ3n) is 4.96. The first-order valence-electron chi connectivity index (χ1n) is 14.6. The van der Waals surface area contributed by atoms with Crippen LogP contribution in [0.2, 0.25) is 0 Å². The van der Waals surface area contributed by atoms with Crippen molar-refractivity contribution in [2.24, 2.45) is 45.1 Å². The standard InChI is InChI=1S/C8H18.C7H16N2.C6H12N2.C5H12.C4H10N2/c1-4-5-6-7-8(2)3;1-5(2)7(8)9-6(3)4;1-5(2)6-7-3-4-8-6;1-3-5-4-2;1-3(2)4(5)6/h8H,4-7H2,1-3H3;5-6H,1-4H3,(H2,8,9);5H,3-4H2,1-2H3,(H,7,8);3-5H2,1-2H3;3H,1-2H3,(H3,5,6). The van der Waals surface area contributed by atoms with Crippen molar-refractivity contribution in [3.63, 3.8) is 0 Å². The van der Waals surface area contributed by atoms with Crippen LogP contribution in [0, 0.1) is 29.1 Å². The first kappa shape index (κ1) is 41.5. The summed E-state index contributed by atoms with van der Waals surface area (Å²) >= 11 is 0. The lowest BCUT2D eigenvalue weighted by atomic mass is 10.1. The second kappa shape index (κ2) is 29.6. The summed E-state index contributed by atoms with van der Waals surface area (Å²) in [5.41, 5.74) is 10.6. The van der Waals surface area contributed by atoms with Crippen LogP contribution in [0.25, 0.3) is 0 Å². The number of rotatable bonds is 10. The fourth-order valence-corrected chi connectivity index (χ4v) is 2.41. The molecule has 0 atom stereocenters. The van der Waals surface area contributed by atoms with E-state index in [2.05, 4.69) is 63.8 Å². The molecule has 1 aliphatic rings. The van der Waals surface area contributed by atoms with Crippen molar-refractivity contribution in [1.82, 2.24) is 5.32 Å². The first-order valence-corrected chi connectivity index (χ1v) is 14.6. The van der Waals surface area contributed by atoms with E-state index in [1.54, 1.807) is 0 Å². The van der Waals surface area contributed by atoms with Crippen LogP contribution in [0.4, 0.5) is 0 Å². The Morgan fingerprint density at radius 2 is 1.31 bits per heavy atom. The molecule has 0 spiro atoms. The van der Waals surface area contributed by atoms with Gasteiger partial charge in [-0.05, 0) is 19.8 Å². The number of hydrogen-bond acceptors (Lipinski definition) is 4. The Labute approximate surface area is 227 Å². The van der Waals surface area contributed by atoms with Crippen LogP contribution in [0.1, 0.15) is 135 Å². The van der Waals surface area contributed by atoms with Crippen molar-refractivity contribution >= 4 is 17.5 Å². The van der Waals surface area contributed by atoms with Crippen molar-refractivity contribution in [2.75, 3.05) is 13.1 Å². The van der Waals surface area contributed by atoms with Gasteiger partial charge in [-0.3, -0.25) is 15.4 Å². The van der Waals surface area contributed by atoms with E-state index >= 15 is 0 Å². The summed E-state index contributed by atoms with van der Waals surface area (Å²) in [7, 11) is 0. The lowest BCUT2D eigenvalue weighted by Crippen LogP contribution is -2.23. The van der Waals surface area contributed by atoms with Crippen molar-refractivity contribution in [1.29, 1.82) is 5.41 Å². The minimum atomic E-state index is 0.213. The smallest absolute Gasteiger partial charge is 0.0990 e. The molecular formula is C30H68N6. The van der Waals surface area contributed by atoms with Gasteiger partial charge >= 0.3 is 0 Å². The number of nitrogens with one attached hydrogen (secondary N) is 2.